The van der Waals surface area contributed by atoms with Crippen LogP contribution in [0, 0.1) is 0 Å². The van der Waals surface area contributed by atoms with Crippen molar-refractivity contribution in [1.82, 2.24) is 10.3 Å². The Hall–Kier alpha value is -3.08. The Morgan fingerprint density at radius 2 is 2.08 bits per heavy atom. The molecule has 1 aromatic carbocycles. The van der Waals surface area contributed by atoms with Crippen LogP contribution in [0.25, 0.3) is 11.5 Å². The minimum absolute atomic E-state index is 0.0420. The number of carbonyl (C=O) groups excluding carboxylic acids is 1. The van der Waals surface area contributed by atoms with E-state index in [9.17, 15) is 4.79 Å². The van der Waals surface area contributed by atoms with Crippen LogP contribution in [0.3, 0.4) is 0 Å². The first-order valence-corrected chi connectivity index (χ1v) is 7.63. The molecule has 0 atom stereocenters. The second kappa shape index (κ2) is 7.46. The zero-order chi connectivity index (χ0) is 16.8. The SMILES string of the molecule is COc1cccc(CC(=O)NCc2ccnc(-c3ccco3)c2)c1. The summed E-state index contributed by atoms with van der Waals surface area (Å²) in [7, 11) is 1.61. The van der Waals surface area contributed by atoms with E-state index in [2.05, 4.69) is 10.3 Å². The smallest absolute Gasteiger partial charge is 0.224 e. The summed E-state index contributed by atoms with van der Waals surface area (Å²) < 4.78 is 10.5. The number of nitrogens with one attached hydrogen (secondary N) is 1. The molecule has 5 heteroatoms. The summed E-state index contributed by atoms with van der Waals surface area (Å²) in [5.74, 6) is 1.41. The highest BCUT2D eigenvalue weighted by molar-refractivity contribution is 5.78. The van der Waals surface area contributed by atoms with E-state index in [1.807, 2.05) is 48.5 Å². The summed E-state index contributed by atoms with van der Waals surface area (Å²) in [4.78, 5) is 16.4. The number of methoxy groups -OCH3 is 1. The van der Waals surface area contributed by atoms with E-state index >= 15 is 0 Å². The molecule has 0 bridgehead atoms. The normalized spacial score (nSPS) is 10.4. The van der Waals surface area contributed by atoms with Crippen molar-refractivity contribution in [3.8, 4) is 17.2 Å². The first kappa shape index (κ1) is 15.8. The highest BCUT2D eigenvalue weighted by Gasteiger charge is 2.06. The molecule has 0 saturated heterocycles. The Morgan fingerprint density at radius 3 is 2.88 bits per heavy atom. The van der Waals surface area contributed by atoms with Gasteiger partial charge in [0.05, 0.1) is 19.8 Å². The quantitative estimate of drug-likeness (QED) is 0.757. The fraction of sp³-hybridized carbons (Fsp3) is 0.158. The lowest BCUT2D eigenvalue weighted by molar-refractivity contribution is -0.120. The van der Waals surface area contributed by atoms with Crippen molar-refractivity contribution in [1.29, 1.82) is 0 Å². The maximum absolute atomic E-state index is 12.1. The number of hydrogen-bond acceptors (Lipinski definition) is 4. The molecule has 0 radical (unpaired) electrons. The highest BCUT2D eigenvalue weighted by Crippen LogP contribution is 2.18. The molecule has 0 aliphatic heterocycles. The van der Waals surface area contributed by atoms with Gasteiger partial charge in [0.25, 0.3) is 0 Å². The first-order chi connectivity index (χ1) is 11.7. The van der Waals surface area contributed by atoms with Crippen LogP contribution in [-0.4, -0.2) is 18.0 Å². The van der Waals surface area contributed by atoms with E-state index in [0.29, 0.717) is 18.7 Å². The van der Waals surface area contributed by atoms with Crippen molar-refractivity contribution in [2.45, 2.75) is 13.0 Å². The molecular weight excluding hydrogens is 304 g/mol. The van der Waals surface area contributed by atoms with Crippen molar-refractivity contribution in [2.75, 3.05) is 7.11 Å². The molecule has 24 heavy (non-hydrogen) atoms. The average Bonchev–Trinajstić information content (AvgIpc) is 3.15. The summed E-state index contributed by atoms with van der Waals surface area (Å²) in [5.41, 5.74) is 2.63. The summed E-state index contributed by atoms with van der Waals surface area (Å²) >= 11 is 0. The first-order valence-electron chi connectivity index (χ1n) is 7.63. The molecule has 0 aliphatic carbocycles. The van der Waals surface area contributed by atoms with Gasteiger partial charge in [-0.1, -0.05) is 12.1 Å². The van der Waals surface area contributed by atoms with Gasteiger partial charge >= 0.3 is 0 Å². The van der Waals surface area contributed by atoms with E-state index in [4.69, 9.17) is 9.15 Å². The van der Waals surface area contributed by atoms with Crippen LogP contribution in [0.5, 0.6) is 5.75 Å². The summed E-state index contributed by atoms with van der Waals surface area (Å²) in [6.07, 6.45) is 3.63. The van der Waals surface area contributed by atoms with Crippen LogP contribution in [0.15, 0.2) is 65.4 Å². The third-order valence-electron chi connectivity index (χ3n) is 3.59. The van der Waals surface area contributed by atoms with Gasteiger partial charge < -0.3 is 14.5 Å². The van der Waals surface area contributed by atoms with Crippen LogP contribution in [0.4, 0.5) is 0 Å². The van der Waals surface area contributed by atoms with E-state index < -0.39 is 0 Å². The van der Waals surface area contributed by atoms with Crippen molar-refractivity contribution in [3.63, 3.8) is 0 Å². The highest BCUT2D eigenvalue weighted by atomic mass is 16.5. The van der Waals surface area contributed by atoms with Gasteiger partial charge in [-0.15, -0.1) is 0 Å². The van der Waals surface area contributed by atoms with E-state index in [1.54, 1.807) is 19.6 Å². The van der Waals surface area contributed by atoms with E-state index in [1.165, 1.54) is 0 Å². The Balaban J connectivity index is 1.59. The number of furan rings is 1. The largest absolute Gasteiger partial charge is 0.497 e. The van der Waals surface area contributed by atoms with Crippen LogP contribution in [0.2, 0.25) is 0 Å². The summed E-state index contributed by atoms with van der Waals surface area (Å²) in [6, 6.07) is 15.0. The number of rotatable bonds is 6. The molecule has 2 aromatic heterocycles. The van der Waals surface area contributed by atoms with Crippen LogP contribution in [-0.2, 0) is 17.8 Å². The molecule has 2 heterocycles. The van der Waals surface area contributed by atoms with Gasteiger partial charge in [-0.25, -0.2) is 0 Å². The number of ether oxygens (including phenoxy) is 1. The predicted molar refractivity (Wildman–Crippen MR) is 90.5 cm³/mol. The van der Waals surface area contributed by atoms with Crippen molar-refractivity contribution in [3.05, 3.63) is 72.1 Å². The maximum Gasteiger partial charge on any atom is 0.224 e. The third kappa shape index (κ3) is 4.01. The summed E-state index contributed by atoms with van der Waals surface area (Å²) in [5, 5.41) is 2.92. The number of benzene rings is 1. The lowest BCUT2D eigenvalue weighted by Gasteiger charge is -2.07. The van der Waals surface area contributed by atoms with Gasteiger partial charge in [0, 0.05) is 12.7 Å². The fourth-order valence-corrected chi connectivity index (χ4v) is 2.37. The second-order valence-electron chi connectivity index (χ2n) is 5.33. The maximum atomic E-state index is 12.1. The fourth-order valence-electron chi connectivity index (χ4n) is 2.37. The second-order valence-corrected chi connectivity index (χ2v) is 5.33. The van der Waals surface area contributed by atoms with Gasteiger partial charge in [-0.2, -0.15) is 0 Å². The molecular formula is C19H18N2O3. The number of nitrogens with zero attached hydrogens (tertiary/aromatic N) is 1. The Morgan fingerprint density at radius 1 is 1.17 bits per heavy atom. The Kier molecular flexibility index (Phi) is 4.91. The Labute approximate surface area is 140 Å². The molecule has 0 aliphatic rings. The number of amides is 1. The van der Waals surface area contributed by atoms with Gasteiger partial charge in [0.2, 0.25) is 5.91 Å². The average molecular weight is 322 g/mol. The molecule has 0 fully saturated rings. The van der Waals surface area contributed by atoms with E-state index in [0.717, 1.165) is 22.6 Å². The Bertz CT molecular complexity index is 813. The molecule has 3 aromatic rings. The summed E-state index contributed by atoms with van der Waals surface area (Å²) in [6.45, 7) is 0.443. The van der Waals surface area contributed by atoms with Crippen LogP contribution >= 0.6 is 0 Å². The molecule has 1 amide bonds. The van der Waals surface area contributed by atoms with Crippen molar-refractivity contribution < 1.29 is 13.9 Å². The lowest BCUT2D eigenvalue weighted by atomic mass is 10.1. The number of aromatic nitrogens is 1. The zero-order valence-corrected chi connectivity index (χ0v) is 13.4. The zero-order valence-electron chi connectivity index (χ0n) is 13.4. The van der Waals surface area contributed by atoms with Crippen LogP contribution in [0.1, 0.15) is 11.1 Å². The minimum Gasteiger partial charge on any atom is -0.497 e. The third-order valence-corrected chi connectivity index (χ3v) is 3.59. The van der Waals surface area contributed by atoms with Gasteiger partial charge in [-0.05, 0) is 47.5 Å². The standard InChI is InChI=1S/C19H18N2O3/c1-23-16-5-2-4-14(10-16)12-19(22)21-13-15-7-8-20-17(11-15)18-6-3-9-24-18/h2-11H,12-13H2,1H3,(H,21,22). The molecule has 5 nitrogen and oxygen atoms in total. The predicted octanol–water partition coefficient (Wildman–Crippen LogP) is 3.21. The van der Waals surface area contributed by atoms with Crippen LogP contribution < -0.4 is 10.1 Å². The van der Waals surface area contributed by atoms with Crippen molar-refractivity contribution >= 4 is 5.91 Å². The molecule has 1 N–H and O–H groups in total. The van der Waals surface area contributed by atoms with Crippen molar-refractivity contribution in [2.24, 2.45) is 0 Å². The molecule has 0 unspecified atom stereocenters. The lowest BCUT2D eigenvalue weighted by Crippen LogP contribution is -2.24. The number of carbonyl (C=O) groups is 1. The molecule has 0 spiro atoms. The molecule has 3 rings (SSSR count). The number of pyridine rings is 1. The van der Waals surface area contributed by atoms with Gasteiger partial charge in [0.1, 0.15) is 11.4 Å². The minimum atomic E-state index is -0.0420. The molecule has 0 saturated carbocycles. The monoisotopic (exact) mass is 322 g/mol. The number of hydrogen-bond donors (Lipinski definition) is 1. The molecule has 122 valence electrons. The van der Waals surface area contributed by atoms with Gasteiger partial charge in [-0.3, -0.25) is 9.78 Å². The topological polar surface area (TPSA) is 64.4 Å². The van der Waals surface area contributed by atoms with E-state index in [-0.39, 0.29) is 5.91 Å². The van der Waals surface area contributed by atoms with Gasteiger partial charge in [0.15, 0.2) is 5.76 Å².